The molecule has 0 spiro atoms. The number of amides is 1. The van der Waals surface area contributed by atoms with E-state index in [1.165, 1.54) is 6.08 Å². The predicted octanol–water partition coefficient (Wildman–Crippen LogP) is 2.60. The Labute approximate surface area is 87.0 Å². The van der Waals surface area contributed by atoms with Crippen molar-refractivity contribution >= 4 is 5.91 Å². The molecule has 2 nitrogen and oxygen atoms in total. The molecule has 0 unspecified atom stereocenters. The maximum absolute atomic E-state index is 11.5. The van der Waals surface area contributed by atoms with Crippen molar-refractivity contribution in [1.82, 2.24) is 4.90 Å². The molecule has 0 radical (unpaired) electrons. The molecule has 0 aromatic carbocycles. The van der Waals surface area contributed by atoms with E-state index in [1.54, 1.807) is 0 Å². The van der Waals surface area contributed by atoms with Crippen molar-refractivity contribution in [2.75, 3.05) is 6.54 Å². The Bertz CT molecular complexity index is 227. The Balaban J connectivity index is 2.60. The van der Waals surface area contributed by atoms with Crippen LogP contribution < -0.4 is 0 Å². The number of hydrogen-bond acceptors (Lipinski definition) is 1. The summed E-state index contributed by atoms with van der Waals surface area (Å²) in [4.78, 5) is 13.5. The highest BCUT2D eigenvalue weighted by molar-refractivity contribution is 5.87. The van der Waals surface area contributed by atoms with Gasteiger partial charge in [-0.15, -0.1) is 0 Å². The van der Waals surface area contributed by atoms with Crippen LogP contribution in [0.2, 0.25) is 0 Å². The van der Waals surface area contributed by atoms with Crippen LogP contribution in [-0.2, 0) is 4.79 Å². The van der Waals surface area contributed by atoms with Gasteiger partial charge in [0.25, 0.3) is 0 Å². The van der Waals surface area contributed by atoms with Crippen LogP contribution >= 0.6 is 0 Å². The Morgan fingerprint density at radius 2 is 2.21 bits per heavy atom. The first-order chi connectivity index (χ1) is 6.44. The first kappa shape index (κ1) is 11.3. The van der Waals surface area contributed by atoms with Gasteiger partial charge in [0.2, 0.25) is 5.91 Å². The van der Waals surface area contributed by atoms with E-state index in [1.807, 2.05) is 4.90 Å². The minimum Gasteiger partial charge on any atom is -0.336 e. The van der Waals surface area contributed by atoms with Gasteiger partial charge in [0.1, 0.15) is 0 Å². The average Bonchev–Trinajstić information content (AvgIpc) is 2.48. The highest BCUT2D eigenvalue weighted by Crippen LogP contribution is 2.29. The maximum atomic E-state index is 11.5. The van der Waals surface area contributed by atoms with Crippen LogP contribution in [0.1, 0.15) is 40.0 Å². The highest BCUT2D eigenvalue weighted by Gasteiger charge is 2.30. The van der Waals surface area contributed by atoms with Gasteiger partial charge in [-0.1, -0.05) is 27.4 Å². The van der Waals surface area contributed by atoms with Crippen LogP contribution in [0.4, 0.5) is 0 Å². The van der Waals surface area contributed by atoms with Crippen molar-refractivity contribution in [3.63, 3.8) is 0 Å². The first-order valence-corrected chi connectivity index (χ1v) is 5.37. The fourth-order valence-electron chi connectivity index (χ4n) is 2.16. The molecule has 0 aromatic rings. The van der Waals surface area contributed by atoms with Crippen molar-refractivity contribution in [3.05, 3.63) is 12.7 Å². The Morgan fingerprint density at radius 1 is 1.57 bits per heavy atom. The maximum Gasteiger partial charge on any atom is 0.246 e. The standard InChI is InChI=1S/C12H21NO/c1-5-11(14)13-8-6-7-10(13)9-12(2,3)4/h5,10H,1,6-9H2,2-4H3/t10-/m1/s1. The van der Waals surface area contributed by atoms with Gasteiger partial charge in [-0.2, -0.15) is 0 Å². The molecule has 0 aromatic heterocycles. The van der Waals surface area contributed by atoms with Crippen molar-refractivity contribution in [2.24, 2.45) is 5.41 Å². The van der Waals surface area contributed by atoms with Gasteiger partial charge in [-0.05, 0) is 30.8 Å². The molecule has 1 rings (SSSR count). The molecule has 1 atom stereocenters. The summed E-state index contributed by atoms with van der Waals surface area (Å²) >= 11 is 0. The fourth-order valence-corrected chi connectivity index (χ4v) is 2.16. The molecular formula is C12H21NO. The highest BCUT2D eigenvalue weighted by atomic mass is 16.2. The molecule has 2 heteroatoms. The zero-order valence-electron chi connectivity index (χ0n) is 9.55. The molecule has 0 bridgehead atoms. The zero-order chi connectivity index (χ0) is 10.8. The van der Waals surface area contributed by atoms with E-state index < -0.39 is 0 Å². The van der Waals surface area contributed by atoms with Crippen LogP contribution in [0, 0.1) is 5.41 Å². The molecule has 0 aliphatic carbocycles. The normalized spacial score (nSPS) is 22.5. The summed E-state index contributed by atoms with van der Waals surface area (Å²) in [6.07, 6.45) is 4.81. The molecule has 0 N–H and O–H groups in total. The van der Waals surface area contributed by atoms with E-state index in [0.29, 0.717) is 11.5 Å². The third-order valence-corrected chi connectivity index (χ3v) is 2.68. The van der Waals surface area contributed by atoms with Crippen molar-refractivity contribution in [1.29, 1.82) is 0 Å². The van der Waals surface area contributed by atoms with Gasteiger partial charge >= 0.3 is 0 Å². The van der Waals surface area contributed by atoms with E-state index in [2.05, 4.69) is 27.4 Å². The summed E-state index contributed by atoms with van der Waals surface area (Å²) < 4.78 is 0. The molecule has 1 saturated heterocycles. The molecule has 1 amide bonds. The lowest BCUT2D eigenvalue weighted by molar-refractivity contribution is -0.127. The third kappa shape index (κ3) is 2.86. The van der Waals surface area contributed by atoms with Crippen LogP contribution in [-0.4, -0.2) is 23.4 Å². The van der Waals surface area contributed by atoms with Gasteiger partial charge in [0.05, 0.1) is 0 Å². The first-order valence-electron chi connectivity index (χ1n) is 5.37. The molecule has 80 valence electrons. The fraction of sp³-hybridized carbons (Fsp3) is 0.750. The summed E-state index contributed by atoms with van der Waals surface area (Å²) in [6, 6.07) is 0.431. The van der Waals surface area contributed by atoms with Crippen LogP contribution in [0.5, 0.6) is 0 Å². The van der Waals surface area contributed by atoms with E-state index in [4.69, 9.17) is 0 Å². The van der Waals surface area contributed by atoms with Crippen molar-refractivity contribution in [2.45, 2.75) is 46.1 Å². The minimum absolute atomic E-state index is 0.0942. The topological polar surface area (TPSA) is 20.3 Å². The average molecular weight is 195 g/mol. The largest absolute Gasteiger partial charge is 0.336 e. The van der Waals surface area contributed by atoms with Crippen LogP contribution in [0.25, 0.3) is 0 Å². The van der Waals surface area contributed by atoms with Gasteiger partial charge in [-0.3, -0.25) is 4.79 Å². The second kappa shape index (κ2) is 4.16. The Hall–Kier alpha value is -0.790. The molecule has 0 saturated carbocycles. The SMILES string of the molecule is C=CC(=O)N1CCC[C@@H]1CC(C)(C)C. The van der Waals surface area contributed by atoms with E-state index >= 15 is 0 Å². The molecule has 14 heavy (non-hydrogen) atoms. The predicted molar refractivity (Wildman–Crippen MR) is 59.0 cm³/mol. The number of nitrogens with zero attached hydrogens (tertiary/aromatic N) is 1. The smallest absolute Gasteiger partial charge is 0.246 e. The Kier molecular flexibility index (Phi) is 3.35. The summed E-state index contributed by atoms with van der Waals surface area (Å²) in [7, 11) is 0. The number of likely N-dealkylation sites (tertiary alicyclic amines) is 1. The number of hydrogen-bond donors (Lipinski definition) is 0. The van der Waals surface area contributed by atoms with Gasteiger partial charge in [0.15, 0.2) is 0 Å². The summed E-state index contributed by atoms with van der Waals surface area (Å²) in [5.74, 6) is 0.0942. The third-order valence-electron chi connectivity index (χ3n) is 2.68. The quantitative estimate of drug-likeness (QED) is 0.620. The molecule has 1 aliphatic rings. The van der Waals surface area contributed by atoms with Crippen molar-refractivity contribution in [3.8, 4) is 0 Å². The van der Waals surface area contributed by atoms with Gasteiger partial charge in [0, 0.05) is 12.6 Å². The van der Waals surface area contributed by atoms with E-state index in [-0.39, 0.29) is 5.91 Å². The van der Waals surface area contributed by atoms with Gasteiger partial charge < -0.3 is 4.90 Å². The second-order valence-electron chi connectivity index (χ2n) is 5.30. The number of rotatable bonds is 2. The number of carbonyl (C=O) groups is 1. The lowest BCUT2D eigenvalue weighted by Gasteiger charge is -2.29. The Morgan fingerprint density at radius 3 is 2.71 bits per heavy atom. The number of carbonyl (C=O) groups excluding carboxylic acids is 1. The van der Waals surface area contributed by atoms with Crippen LogP contribution in [0.3, 0.4) is 0 Å². The van der Waals surface area contributed by atoms with E-state index in [9.17, 15) is 4.79 Å². The molecule has 1 fully saturated rings. The van der Waals surface area contributed by atoms with Crippen LogP contribution in [0.15, 0.2) is 12.7 Å². The summed E-state index contributed by atoms with van der Waals surface area (Å²) in [5.41, 5.74) is 0.300. The second-order valence-corrected chi connectivity index (χ2v) is 5.30. The van der Waals surface area contributed by atoms with Crippen molar-refractivity contribution < 1.29 is 4.79 Å². The molecular weight excluding hydrogens is 174 g/mol. The minimum atomic E-state index is 0.0942. The molecule has 1 aliphatic heterocycles. The monoisotopic (exact) mass is 195 g/mol. The zero-order valence-corrected chi connectivity index (χ0v) is 9.55. The van der Waals surface area contributed by atoms with E-state index in [0.717, 1.165) is 25.8 Å². The lowest BCUT2D eigenvalue weighted by atomic mass is 9.87. The lowest BCUT2D eigenvalue weighted by Crippen LogP contribution is -2.36. The summed E-state index contributed by atoms with van der Waals surface area (Å²) in [5, 5.41) is 0. The molecule has 1 heterocycles. The van der Waals surface area contributed by atoms with Gasteiger partial charge in [-0.25, -0.2) is 0 Å². The summed E-state index contributed by atoms with van der Waals surface area (Å²) in [6.45, 7) is 11.1.